The Morgan fingerprint density at radius 3 is 2.59 bits per heavy atom. The van der Waals surface area contributed by atoms with E-state index in [1.165, 1.54) is 0 Å². The predicted octanol–water partition coefficient (Wildman–Crippen LogP) is 2.61. The standard InChI is InChI=1S/C22H24N2O5/c25-21(10-13-27-18-4-2-1-3-5-18)23-17-8-11-24(12-9-17)22(26)16-6-7-19-20(14-16)29-15-28-19/h1-7,14,17H,8-13,15H2,(H,23,25). The molecule has 2 aliphatic rings. The molecule has 0 aromatic heterocycles. The van der Waals surface area contributed by atoms with Crippen molar-refractivity contribution in [1.82, 2.24) is 10.2 Å². The van der Waals surface area contributed by atoms with Gasteiger partial charge in [0.05, 0.1) is 13.0 Å². The molecule has 2 aliphatic heterocycles. The van der Waals surface area contributed by atoms with Crippen molar-refractivity contribution in [3.8, 4) is 17.2 Å². The number of hydrogen-bond donors (Lipinski definition) is 1. The molecular formula is C22H24N2O5. The van der Waals surface area contributed by atoms with Crippen LogP contribution in [0.5, 0.6) is 17.2 Å². The highest BCUT2D eigenvalue weighted by atomic mass is 16.7. The number of nitrogens with zero attached hydrogens (tertiary/aromatic N) is 1. The molecule has 0 bridgehead atoms. The number of piperidine rings is 1. The minimum Gasteiger partial charge on any atom is -0.493 e. The highest BCUT2D eigenvalue weighted by Crippen LogP contribution is 2.33. The lowest BCUT2D eigenvalue weighted by molar-refractivity contribution is -0.122. The molecule has 1 saturated heterocycles. The Kier molecular flexibility index (Phi) is 5.84. The summed E-state index contributed by atoms with van der Waals surface area (Å²) >= 11 is 0. The monoisotopic (exact) mass is 396 g/mol. The largest absolute Gasteiger partial charge is 0.493 e. The van der Waals surface area contributed by atoms with E-state index in [0.29, 0.717) is 43.2 Å². The van der Waals surface area contributed by atoms with Gasteiger partial charge in [-0.1, -0.05) is 18.2 Å². The molecule has 7 nitrogen and oxygen atoms in total. The van der Waals surface area contributed by atoms with Crippen LogP contribution in [-0.4, -0.2) is 49.2 Å². The molecule has 0 saturated carbocycles. The molecular weight excluding hydrogens is 372 g/mol. The van der Waals surface area contributed by atoms with Crippen LogP contribution >= 0.6 is 0 Å². The molecule has 1 fully saturated rings. The summed E-state index contributed by atoms with van der Waals surface area (Å²) in [7, 11) is 0. The molecule has 2 aromatic rings. The zero-order chi connectivity index (χ0) is 20.1. The van der Waals surface area contributed by atoms with Gasteiger partial charge in [-0.3, -0.25) is 9.59 Å². The van der Waals surface area contributed by atoms with Gasteiger partial charge >= 0.3 is 0 Å². The minimum atomic E-state index is -0.0264. The summed E-state index contributed by atoms with van der Waals surface area (Å²) in [5.74, 6) is 1.98. The Morgan fingerprint density at radius 2 is 1.79 bits per heavy atom. The number of nitrogens with one attached hydrogen (secondary N) is 1. The Hall–Kier alpha value is -3.22. The van der Waals surface area contributed by atoms with Crippen LogP contribution in [0.1, 0.15) is 29.6 Å². The lowest BCUT2D eigenvalue weighted by Gasteiger charge is -2.32. The van der Waals surface area contributed by atoms with Crippen LogP contribution in [0.4, 0.5) is 0 Å². The summed E-state index contributed by atoms with van der Waals surface area (Å²) in [4.78, 5) is 26.7. The summed E-state index contributed by atoms with van der Waals surface area (Å²) in [6.45, 7) is 1.75. The van der Waals surface area contributed by atoms with Crippen molar-refractivity contribution in [2.24, 2.45) is 0 Å². The van der Waals surface area contributed by atoms with Crippen LogP contribution in [0, 0.1) is 0 Å². The van der Waals surface area contributed by atoms with Crippen molar-refractivity contribution < 1.29 is 23.8 Å². The van der Waals surface area contributed by atoms with Gasteiger partial charge in [-0.15, -0.1) is 0 Å². The van der Waals surface area contributed by atoms with E-state index >= 15 is 0 Å². The normalized spacial score (nSPS) is 15.8. The zero-order valence-electron chi connectivity index (χ0n) is 16.1. The first-order chi connectivity index (χ1) is 14.2. The lowest BCUT2D eigenvalue weighted by Crippen LogP contribution is -2.46. The third kappa shape index (κ3) is 4.80. The number of para-hydroxylation sites is 1. The molecule has 4 rings (SSSR count). The van der Waals surface area contributed by atoms with Gasteiger partial charge in [0.1, 0.15) is 5.75 Å². The Balaban J connectivity index is 1.20. The molecule has 7 heteroatoms. The maximum absolute atomic E-state index is 12.7. The topological polar surface area (TPSA) is 77.1 Å². The summed E-state index contributed by atoms with van der Waals surface area (Å²) in [6, 6.07) is 14.8. The molecule has 0 atom stereocenters. The molecule has 0 unspecified atom stereocenters. The van der Waals surface area contributed by atoms with E-state index in [0.717, 1.165) is 18.6 Å². The van der Waals surface area contributed by atoms with Gasteiger partial charge in [0.2, 0.25) is 12.7 Å². The van der Waals surface area contributed by atoms with Gasteiger partial charge in [-0.2, -0.15) is 0 Å². The first-order valence-corrected chi connectivity index (χ1v) is 9.85. The van der Waals surface area contributed by atoms with E-state index in [1.807, 2.05) is 35.2 Å². The van der Waals surface area contributed by atoms with E-state index < -0.39 is 0 Å². The number of carbonyl (C=O) groups excluding carboxylic acids is 2. The highest BCUT2D eigenvalue weighted by molar-refractivity contribution is 5.95. The zero-order valence-corrected chi connectivity index (χ0v) is 16.1. The average molecular weight is 396 g/mol. The van der Waals surface area contributed by atoms with Crippen LogP contribution in [0.25, 0.3) is 0 Å². The van der Waals surface area contributed by atoms with Crippen LogP contribution in [0.15, 0.2) is 48.5 Å². The summed E-state index contributed by atoms with van der Waals surface area (Å²) < 4.78 is 16.2. The number of rotatable bonds is 6. The maximum Gasteiger partial charge on any atom is 0.253 e. The summed E-state index contributed by atoms with van der Waals surface area (Å²) in [5.41, 5.74) is 0.592. The number of amides is 2. The second kappa shape index (κ2) is 8.86. The second-order valence-corrected chi connectivity index (χ2v) is 7.11. The smallest absolute Gasteiger partial charge is 0.253 e. The third-order valence-corrected chi connectivity index (χ3v) is 5.11. The summed E-state index contributed by atoms with van der Waals surface area (Å²) in [6.07, 6.45) is 1.79. The molecule has 2 heterocycles. The third-order valence-electron chi connectivity index (χ3n) is 5.11. The molecule has 0 aliphatic carbocycles. The number of fused-ring (bicyclic) bond motifs is 1. The van der Waals surface area contributed by atoms with Gasteiger partial charge in [0.15, 0.2) is 11.5 Å². The predicted molar refractivity (Wildman–Crippen MR) is 106 cm³/mol. The summed E-state index contributed by atoms with van der Waals surface area (Å²) in [5, 5.41) is 3.04. The van der Waals surface area contributed by atoms with E-state index in [9.17, 15) is 9.59 Å². The number of benzene rings is 2. The molecule has 1 N–H and O–H groups in total. The molecule has 0 spiro atoms. The van der Waals surface area contributed by atoms with Gasteiger partial charge in [-0.25, -0.2) is 0 Å². The lowest BCUT2D eigenvalue weighted by atomic mass is 10.0. The maximum atomic E-state index is 12.7. The van der Waals surface area contributed by atoms with Gasteiger partial charge < -0.3 is 24.4 Å². The fourth-order valence-corrected chi connectivity index (χ4v) is 3.52. The van der Waals surface area contributed by atoms with E-state index in [2.05, 4.69) is 5.32 Å². The number of carbonyl (C=O) groups is 2. The Morgan fingerprint density at radius 1 is 1.03 bits per heavy atom. The van der Waals surface area contributed by atoms with Crippen LogP contribution in [-0.2, 0) is 4.79 Å². The molecule has 29 heavy (non-hydrogen) atoms. The fraction of sp³-hybridized carbons (Fsp3) is 0.364. The van der Waals surface area contributed by atoms with Crippen LogP contribution in [0.2, 0.25) is 0 Å². The molecule has 0 radical (unpaired) electrons. The highest BCUT2D eigenvalue weighted by Gasteiger charge is 2.26. The van der Waals surface area contributed by atoms with E-state index in [1.54, 1.807) is 18.2 Å². The number of likely N-dealkylation sites (tertiary alicyclic amines) is 1. The quantitative estimate of drug-likeness (QED) is 0.812. The molecule has 152 valence electrons. The van der Waals surface area contributed by atoms with Gasteiger partial charge in [0, 0.05) is 24.7 Å². The van der Waals surface area contributed by atoms with Crippen molar-refractivity contribution >= 4 is 11.8 Å². The van der Waals surface area contributed by atoms with Crippen LogP contribution in [0.3, 0.4) is 0 Å². The Labute approximate surface area is 169 Å². The molecule has 2 aromatic carbocycles. The van der Waals surface area contributed by atoms with Crippen molar-refractivity contribution in [2.75, 3.05) is 26.5 Å². The van der Waals surface area contributed by atoms with E-state index in [4.69, 9.17) is 14.2 Å². The van der Waals surface area contributed by atoms with Crippen molar-refractivity contribution in [3.63, 3.8) is 0 Å². The Bertz CT molecular complexity index is 863. The van der Waals surface area contributed by atoms with Gasteiger partial charge in [-0.05, 0) is 43.2 Å². The van der Waals surface area contributed by atoms with Crippen molar-refractivity contribution in [1.29, 1.82) is 0 Å². The van der Waals surface area contributed by atoms with Crippen LogP contribution < -0.4 is 19.5 Å². The van der Waals surface area contributed by atoms with E-state index in [-0.39, 0.29) is 24.6 Å². The number of ether oxygens (including phenoxy) is 3. The SMILES string of the molecule is O=C(CCOc1ccccc1)NC1CCN(C(=O)c2ccc3c(c2)OCO3)CC1. The van der Waals surface area contributed by atoms with Crippen molar-refractivity contribution in [2.45, 2.75) is 25.3 Å². The minimum absolute atomic E-state index is 0.0238. The first kappa shape index (κ1) is 19.1. The average Bonchev–Trinajstić information content (AvgIpc) is 3.22. The van der Waals surface area contributed by atoms with Crippen molar-refractivity contribution in [3.05, 3.63) is 54.1 Å². The van der Waals surface area contributed by atoms with Gasteiger partial charge in [0.25, 0.3) is 5.91 Å². The number of hydrogen-bond acceptors (Lipinski definition) is 5. The fourth-order valence-electron chi connectivity index (χ4n) is 3.52. The first-order valence-electron chi connectivity index (χ1n) is 9.85. The molecule has 2 amide bonds. The second-order valence-electron chi connectivity index (χ2n) is 7.11.